The number of carbonyl (C=O) groups excluding carboxylic acids is 1. The molecule has 4 nitrogen and oxygen atoms in total. The van der Waals surface area contributed by atoms with Crippen molar-refractivity contribution in [2.24, 2.45) is 5.92 Å². The highest BCUT2D eigenvalue weighted by molar-refractivity contribution is 5.78. The first-order valence-corrected chi connectivity index (χ1v) is 6.56. The normalized spacial score (nSPS) is 16.4. The van der Waals surface area contributed by atoms with Crippen LogP contribution in [0.1, 0.15) is 24.4 Å². The number of methoxy groups -OCH3 is 1. The molecule has 0 aliphatic heterocycles. The van der Waals surface area contributed by atoms with Gasteiger partial charge in [0.1, 0.15) is 11.8 Å². The molecule has 0 heterocycles. The number of para-hydroxylation sites is 1. The van der Waals surface area contributed by atoms with Crippen molar-refractivity contribution < 1.29 is 27.4 Å². The molecule has 0 bridgehead atoms. The molecule has 0 saturated heterocycles. The van der Waals surface area contributed by atoms with Gasteiger partial charge in [-0.05, 0) is 31.4 Å². The number of hydrogen-bond donors (Lipinski definition) is 1. The maximum atomic E-state index is 12.4. The highest BCUT2D eigenvalue weighted by atomic mass is 19.4. The summed E-state index contributed by atoms with van der Waals surface area (Å²) in [6.07, 6.45) is -2.70. The second-order valence-corrected chi connectivity index (χ2v) is 4.89. The molecule has 1 aromatic rings. The number of alkyl halides is 3. The molecule has 1 aliphatic carbocycles. The molecule has 0 spiro atoms. The van der Waals surface area contributed by atoms with E-state index in [2.05, 4.69) is 14.8 Å². The average Bonchev–Trinajstić information content (AvgIpc) is 3.22. The number of benzene rings is 1. The number of carbonyl (C=O) groups is 1. The fraction of sp³-hybridized carbons (Fsp3) is 0.500. The van der Waals surface area contributed by atoms with Crippen molar-refractivity contribution in [3.63, 3.8) is 0 Å². The second kappa shape index (κ2) is 6.34. The summed E-state index contributed by atoms with van der Waals surface area (Å²) in [6.45, 7) is 0.556. The van der Waals surface area contributed by atoms with Crippen LogP contribution < -0.4 is 10.1 Å². The summed E-state index contributed by atoms with van der Waals surface area (Å²) >= 11 is 0. The summed E-state index contributed by atoms with van der Waals surface area (Å²) in [7, 11) is 1.20. The predicted octanol–water partition coefficient (Wildman–Crippen LogP) is 2.80. The van der Waals surface area contributed by atoms with Gasteiger partial charge in [-0.1, -0.05) is 18.2 Å². The minimum absolute atomic E-state index is 0.113. The smallest absolute Gasteiger partial charge is 0.468 e. The van der Waals surface area contributed by atoms with E-state index < -0.39 is 24.1 Å². The second-order valence-electron chi connectivity index (χ2n) is 4.89. The lowest BCUT2D eigenvalue weighted by atomic mass is 10.1. The minimum atomic E-state index is -4.81. The van der Waals surface area contributed by atoms with Gasteiger partial charge in [0.05, 0.1) is 7.11 Å². The lowest BCUT2D eigenvalue weighted by Crippen LogP contribution is -2.32. The largest absolute Gasteiger partial charge is 0.573 e. The Bertz CT molecular complexity index is 500. The number of halogens is 3. The molecular formula is C14H16F3NO3. The first-order chi connectivity index (χ1) is 9.90. The van der Waals surface area contributed by atoms with Gasteiger partial charge in [-0.15, -0.1) is 13.2 Å². The third kappa shape index (κ3) is 4.63. The number of nitrogens with one attached hydrogen (secondary N) is 1. The van der Waals surface area contributed by atoms with Crippen LogP contribution >= 0.6 is 0 Å². The van der Waals surface area contributed by atoms with Crippen LogP contribution in [0.2, 0.25) is 0 Å². The highest BCUT2D eigenvalue weighted by Gasteiger charge is 2.34. The molecule has 0 radical (unpaired) electrons. The van der Waals surface area contributed by atoms with Crippen LogP contribution in [-0.4, -0.2) is 26.0 Å². The topological polar surface area (TPSA) is 47.6 Å². The van der Waals surface area contributed by atoms with E-state index in [0.29, 0.717) is 12.5 Å². The van der Waals surface area contributed by atoms with Gasteiger partial charge >= 0.3 is 12.3 Å². The molecule has 1 aromatic carbocycles. The first-order valence-electron chi connectivity index (χ1n) is 6.56. The van der Waals surface area contributed by atoms with Gasteiger partial charge in [0.15, 0.2) is 0 Å². The predicted molar refractivity (Wildman–Crippen MR) is 68.6 cm³/mol. The summed E-state index contributed by atoms with van der Waals surface area (Å²) in [4.78, 5) is 11.8. The van der Waals surface area contributed by atoms with Crippen LogP contribution in [0.3, 0.4) is 0 Å². The maximum Gasteiger partial charge on any atom is 0.573 e. The summed E-state index contributed by atoms with van der Waals surface area (Å²) in [6, 6.07) is 4.59. The van der Waals surface area contributed by atoms with Crippen LogP contribution in [0.25, 0.3) is 0 Å². The Hall–Kier alpha value is -1.76. The van der Waals surface area contributed by atoms with Gasteiger partial charge in [0.25, 0.3) is 0 Å². The van der Waals surface area contributed by atoms with Crippen molar-refractivity contribution >= 4 is 5.97 Å². The summed E-state index contributed by atoms with van der Waals surface area (Å²) in [5.41, 5.74) is 0.113. The Labute approximate surface area is 120 Å². The van der Waals surface area contributed by atoms with E-state index >= 15 is 0 Å². The van der Waals surface area contributed by atoms with E-state index in [0.717, 1.165) is 12.8 Å². The first kappa shape index (κ1) is 15.6. The molecule has 1 atom stereocenters. The van der Waals surface area contributed by atoms with Crippen molar-refractivity contribution in [3.8, 4) is 5.75 Å². The Kier molecular flexibility index (Phi) is 4.72. The standard InChI is InChI=1S/C14H16F3NO3/c1-20-13(19)12(18-8-9-6-7-9)10-4-2-3-5-11(10)21-14(15,16)17/h2-5,9,12,18H,6-8H2,1H3. The molecule has 116 valence electrons. The fourth-order valence-electron chi connectivity index (χ4n) is 1.98. The molecule has 7 heteroatoms. The zero-order chi connectivity index (χ0) is 15.5. The van der Waals surface area contributed by atoms with Crippen molar-refractivity contribution in [2.75, 3.05) is 13.7 Å². The Morgan fingerprint density at radius 2 is 2.05 bits per heavy atom. The van der Waals surface area contributed by atoms with Crippen LogP contribution in [-0.2, 0) is 9.53 Å². The Morgan fingerprint density at radius 3 is 2.62 bits per heavy atom. The van der Waals surface area contributed by atoms with Crippen molar-refractivity contribution in [3.05, 3.63) is 29.8 Å². The van der Waals surface area contributed by atoms with E-state index in [1.807, 2.05) is 0 Å². The molecule has 1 N–H and O–H groups in total. The van der Waals surface area contributed by atoms with Crippen molar-refractivity contribution in [1.82, 2.24) is 5.32 Å². The summed E-state index contributed by atoms with van der Waals surface area (Å²) in [5.74, 6) is -0.578. The molecule has 1 fully saturated rings. The monoisotopic (exact) mass is 303 g/mol. The molecule has 21 heavy (non-hydrogen) atoms. The van der Waals surface area contributed by atoms with Gasteiger partial charge < -0.3 is 14.8 Å². The number of ether oxygens (including phenoxy) is 2. The third-order valence-electron chi connectivity index (χ3n) is 3.20. The fourth-order valence-corrected chi connectivity index (χ4v) is 1.98. The van der Waals surface area contributed by atoms with Gasteiger partial charge in [-0.3, -0.25) is 0 Å². The molecule has 2 rings (SSSR count). The molecule has 0 amide bonds. The zero-order valence-electron chi connectivity index (χ0n) is 11.4. The summed E-state index contributed by atoms with van der Waals surface area (Å²) in [5, 5.41) is 2.95. The van der Waals surface area contributed by atoms with E-state index in [1.165, 1.54) is 25.3 Å². The van der Waals surface area contributed by atoms with E-state index in [4.69, 9.17) is 0 Å². The zero-order valence-corrected chi connectivity index (χ0v) is 11.4. The number of rotatable bonds is 6. The summed E-state index contributed by atoms with van der Waals surface area (Å²) < 4.78 is 45.9. The van der Waals surface area contributed by atoms with Crippen LogP contribution in [0, 0.1) is 5.92 Å². The quantitative estimate of drug-likeness (QED) is 0.821. The van der Waals surface area contributed by atoms with Gasteiger partial charge in [0.2, 0.25) is 0 Å². The van der Waals surface area contributed by atoms with Crippen molar-refractivity contribution in [1.29, 1.82) is 0 Å². The maximum absolute atomic E-state index is 12.4. The molecule has 1 unspecified atom stereocenters. The van der Waals surface area contributed by atoms with Gasteiger partial charge in [-0.2, -0.15) is 0 Å². The molecule has 1 saturated carbocycles. The Balaban J connectivity index is 2.22. The molecule has 1 aliphatic rings. The van der Waals surface area contributed by atoms with Crippen LogP contribution in [0.4, 0.5) is 13.2 Å². The third-order valence-corrected chi connectivity index (χ3v) is 3.20. The van der Waals surface area contributed by atoms with Crippen molar-refractivity contribution in [2.45, 2.75) is 25.2 Å². The Morgan fingerprint density at radius 1 is 1.38 bits per heavy atom. The van der Waals surface area contributed by atoms with Crippen LogP contribution in [0.5, 0.6) is 5.75 Å². The molecular weight excluding hydrogens is 287 g/mol. The number of esters is 1. The average molecular weight is 303 g/mol. The van der Waals surface area contributed by atoms with E-state index in [9.17, 15) is 18.0 Å². The van der Waals surface area contributed by atoms with Crippen LogP contribution in [0.15, 0.2) is 24.3 Å². The van der Waals surface area contributed by atoms with E-state index in [-0.39, 0.29) is 5.56 Å². The lowest BCUT2D eigenvalue weighted by Gasteiger charge is -2.20. The highest BCUT2D eigenvalue weighted by Crippen LogP contribution is 2.32. The van der Waals surface area contributed by atoms with Gasteiger partial charge in [0, 0.05) is 5.56 Å². The number of hydrogen-bond acceptors (Lipinski definition) is 4. The van der Waals surface area contributed by atoms with E-state index in [1.54, 1.807) is 6.07 Å². The molecule has 0 aromatic heterocycles. The minimum Gasteiger partial charge on any atom is -0.468 e. The SMILES string of the molecule is COC(=O)C(NCC1CC1)c1ccccc1OC(F)(F)F. The van der Waals surface area contributed by atoms with Gasteiger partial charge in [-0.25, -0.2) is 4.79 Å². The lowest BCUT2D eigenvalue weighted by molar-refractivity contribution is -0.275.